The monoisotopic (exact) mass is 478 g/mol. The summed E-state index contributed by atoms with van der Waals surface area (Å²) in [6, 6.07) is 14.2. The third kappa shape index (κ3) is 8.91. The maximum absolute atomic E-state index is 11.9. The molecule has 2 aromatic rings. The Bertz CT molecular complexity index is 873. The van der Waals surface area contributed by atoms with Crippen LogP contribution >= 0.6 is 0 Å². The van der Waals surface area contributed by atoms with Gasteiger partial charge in [0, 0.05) is 63.7 Å². The number of phenolic OH excluding ortho intramolecular Hbond substituents is 1. The summed E-state index contributed by atoms with van der Waals surface area (Å²) < 4.78 is 5.36. The van der Waals surface area contributed by atoms with E-state index in [0.717, 1.165) is 45.0 Å². The molecule has 0 spiro atoms. The van der Waals surface area contributed by atoms with Crippen LogP contribution in [-0.4, -0.2) is 74.1 Å². The van der Waals surface area contributed by atoms with E-state index in [1.165, 1.54) is 5.69 Å². The zero-order valence-electron chi connectivity index (χ0n) is 20.8. The van der Waals surface area contributed by atoms with Crippen molar-refractivity contribution in [3.63, 3.8) is 0 Å². The van der Waals surface area contributed by atoms with E-state index in [2.05, 4.69) is 15.1 Å². The van der Waals surface area contributed by atoms with Crippen molar-refractivity contribution in [2.24, 2.45) is 0 Å². The smallest absolute Gasteiger partial charge is 0.872 e. The molecule has 0 bridgehead atoms. The van der Waals surface area contributed by atoms with Crippen LogP contribution in [0, 0.1) is 0 Å². The molecule has 0 saturated carbocycles. The minimum atomic E-state index is -0.460. The Morgan fingerprint density at radius 1 is 0.853 bits per heavy atom. The number of rotatable bonds is 2. The first-order valence-corrected chi connectivity index (χ1v) is 11.5. The van der Waals surface area contributed by atoms with Crippen molar-refractivity contribution in [3.05, 3.63) is 48.5 Å². The number of carbonyl (C=O) groups excluding carboxylic acids is 1. The van der Waals surface area contributed by atoms with Gasteiger partial charge in [-0.25, -0.2) is 4.79 Å². The molecule has 2 heterocycles. The largest absolute Gasteiger partial charge is 1.00 e. The summed E-state index contributed by atoms with van der Waals surface area (Å²) in [7, 11) is 0. The predicted molar refractivity (Wildman–Crippen MR) is 129 cm³/mol. The Morgan fingerprint density at radius 3 is 1.82 bits per heavy atom. The van der Waals surface area contributed by atoms with Crippen molar-refractivity contribution in [2.75, 3.05) is 62.2 Å². The first kappa shape index (κ1) is 28.1. The normalized spacial score (nSPS) is 16.1. The molecule has 0 radical (unpaired) electrons. The minimum Gasteiger partial charge on any atom is -0.872 e. The van der Waals surface area contributed by atoms with Gasteiger partial charge >= 0.3 is 35.7 Å². The van der Waals surface area contributed by atoms with Crippen LogP contribution in [-0.2, 0) is 4.74 Å². The summed E-state index contributed by atoms with van der Waals surface area (Å²) in [5, 5.41) is 23.5. The molecule has 2 fully saturated rings. The number of nitrogens with zero attached hydrogens (tertiary/aromatic N) is 3. The molecule has 0 unspecified atom stereocenters. The first-order valence-electron chi connectivity index (χ1n) is 11.5. The molecule has 2 N–H and O–H groups in total. The second-order valence-corrected chi connectivity index (χ2v) is 9.20. The maximum atomic E-state index is 11.9. The molecule has 0 atom stereocenters. The van der Waals surface area contributed by atoms with Gasteiger partial charge in [-0.2, -0.15) is 0 Å². The number of amides is 1. The van der Waals surface area contributed by atoms with E-state index in [1.807, 2.05) is 45.0 Å². The van der Waals surface area contributed by atoms with Crippen molar-refractivity contribution < 1.29 is 49.3 Å². The average Bonchev–Trinajstić information content (AvgIpc) is 2.80. The number of nitrogens with one attached hydrogen (secondary N) is 1. The van der Waals surface area contributed by atoms with Gasteiger partial charge in [-0.05, 0) is 57.2 Å². The van der Waals surface area contributed by atoms with Gasteiger partial charge in [0.1, 0.15) is 11.4 Å². The van der Waals surface area contributed by atoms with Crippen LogP contribution in [0.2, 0.25) is 0 Å². The Labute approximate surface area is 224 Å². The SMILES string of the molecule is CC(C)(C)OC(=O)N1CCN(c2ccc([O-])cc2)CC1.Oc1ccc(N2CCNCC2)cc1.[Na+]. The number of carbonyl (C=O) groups is 1. The summed E-state index contributed by atoms with van der Waals surface area (Å²) in [4.78, 5) is 18.2. The Hall–Kier alpha value is -2.13. The number of phenols is 1. The Balaban J connectivity index is 0.000000253. The van der Waals surface area contributed by atoms with Gasteiger partial charge in [0.15, 0.2) is 0 Å². The molecule has 0 aliphatic carbocycles. The molecular weight excluding hydrogens is 443 g/mol. The van der Waals surface area contributed by atoms with Crippen LogP contribution in [0.1, 0.15) is 20.8 Å². The van der Waals surface area contributed by atoms with E-state index in [-0.39, 0.29) is 41.4 Å². The standard InChI is InChI=1S/C15H22N2O3.C10H14N2O.Na/c1-15(2,3)20-14(19)17-10-8-16(9-11-17)12-4-6-13(18)7-5-12;13-10-3-1-9(2-4-10)12-7-5-11-6-8-12;/h4-7,18H,8-11H2,1-3H3;1-4,11,13H,5-8H2;/q;;+1/p-1. The van der Waals surface area contributed by atoms with E-state index in [0.29, 0.717) is 18.8 Å². The van der Waals surface area contributed by atoms with E-state index in [9.17, 15) is 9.90 Å². The molecule has 0 aromatic heterocycles. The second-order valence-electron chi connectivity index (χ2n) is 9.20. The quantitative estimate of drug-likeness (QED) is 0.569. The summed E-state index contributed by atoms with van der Waals surface area (Å²) in [6.07, 6.45) is -0.257. The van der Waals surface area contributed by atoms with Gasteiger partial charge in [-0.15, -0.1) is 5.75 Å². The molecule has 2 aromatic carbocycles. The number of ether oxygens (including phenoxy) is 1. The topological polar surface area (TPSA) is 91.3 Å². The van der Waals surface area contributed by atoms with Crippen LogP contribution in [0.15, 0.2) is 48.5 Å². The fourth-order valence-electron chi connectivity index (χ4n) is 3.72. The van der Waals surface area contributed by atoms with Crippen LogP contribution in [0.25, 0.3) is 0 Å². The van der Waals surface area contributed by atoms with Crippen molar-refractivity contribution in [1.82, 2.24) is 10.2 Å². The van der Waals surface area contributed by atoms with Gasteiger partial charge in [0.25, 0.3) is 0 Å². The predicted octanol–water partition coefficient (Wildman–Crippen LogP) is -0.377. The fraction of sp³-hybridized carbons (Fsp3) is 0.480. The van der Waals surface area contributed by atoms with Gasteiger partial charge < -0.3 is 35.0 Å². The van der Waals surface area contributed by atoms with Crippen LogP contribution in [0.3, 0.4) is 0 Å². The van der Waals surface area contributed by atoms with E-state index in [4.69, 9.17) is 9.84 Å². The van der Waals surface area contributed by atoms with Crippen molar-refractivity contribution in [3.8, 4) is 11.5 Å². The summed E-state index contributed by atoms with van der Waals surface area (Å²) >= 11 is 0. The van der Waals surface area contributed by atoms with Crippen molar-refractivity contribution >= 4 is 17.5 Å². The summed E-state index contributed by atoms with van der Waals surface area (Å²) in [6.45, 7) is 12.5. The molecule has 2 aliphatic heterocycles. The average molecular weight is 479 g/mol. The number of hydrogen-bond acceptors (Lipinski definition) is 7. The van der Waals surface area contributed by atoms with Gasteiger partial charge in [-0.3, -0.25) is 0 Å². The van der Waals surface area contributed by atoms with Crippen molar-refractivity contribution in [2.45, 2.75) is 26.4 Å². The number of benzene rings is 2. The maximum Gasteiger partial charge on any atom is 1.00 e. The third-order valence-electron chi connectivity index (χ3n) is 5.47. The van der Waals surface area contributed by atoms with Gasteiger partial charge in [-0.1, -0.05) is 12.1 Å². The third-order valence-corrected chi connectivity index (χ3v) is 5.47. The van der Waals surface area contributed by atoms with Gasteiger partial charge in [0.2, 0.25) is 0 Å². The number of hydrogen-bond donors (Lipinski definition) is 2. The molecule has 34 heavy (non-hydrogen) atoms. The molecule has 2 aliphatic rings. The molecular formula is C25H35N4NaO4. The fourth-order valence-corrected chi connectivity index (χ4v) is 3.72. The van der Waals surface area contributed by atoms with Crippen LogP contribution < -0.4 is 49.8 Å². The van der Waals surface area contributed by atoms with E-state index >= 15 is 0 Å². The van der Waals surface area contributed by atoms with E-state index in [1.54, 1.807) is 29.2 Å². The number of anilines is 2. The molecule has 1 amide bonds. The summed E-state index contributed by atoms with van der Waals surface area (Å²) in [5.41, 5.74) is 1.76. The number of aromatic hydroxyl groups is 1. The van der Waals surface area contributed by atoms with E-state index < -0.39 is 5.60 Å². The molecule has 8 nitrogen and oxygen atoms in total. The summed E-state index contributed by atoms with van der Waals surface area (Å²) in [5.74, 6) is 0.347. The van der Waals surface area contributed by atoms with Gasteiger partial charge in [0.05, 0.1) is 0 Å². The van der Waals surface area contributed by atoms with Crippen LogP contribution in [0.4, 0.5) is 16.2 Å². The number of piperazine rings is 2. The second kappa shape index (κ2) is 13.1. The van der Waals surface area contributed by atoms with Crippen LogP contribution in [0.5, 0.6) is 11.5 Å². The molecule has 2 saturated heterocycles. The first-order chi connectivity index (χ1) is 15.7. The minimum absolute atomic E-state index is 0. The molecule has 9 heteroatoms. The zero-order valence-corrected chi connectivity index (χ0v) is 22.8. The molecule has 4 rings (SSSR count). The zero-order chi connectivity index (χ0) is 23.8. The Kier molecular flexibility index (Phi) is 10.8. The van der Waals surface area contributed by atoms with Crippen molar-refractivity contribution in [1.29, 1.82) is 0 Å². The molecule has 180 valence electrons. The Morgan fingerprint density at radius 2 is 1.32 bits per heavy atom.